The van der Waals surface area contributed by atoms with E-state index in [4.69, 9.17) is 23.2 Å². The summed E-state index contributed by atoms with van der Waals surface area (Å²) >= 11 is 16.6. The van der Waals surface area contributed by atoms with Gasteiger partial charge >= 0.3 is 0 Å². The lowest BCUT2D eigenvalue weighted by molar-refractivity contribution is -0.113. The van der Waals surface area contributed by atoms with Crippen molar-refractivity contribution in [1.29, 1.82) is 0 Å². The second kappa shape index (κ2) is 9.60. The minimum Gasteiger partial charge on any atom is -0.324 e. The molecular formula is C19H15BrCl2N4OS. The molecule has 3 rings (SSSR count). The molecular weight excluding hydrogens is 483 g/mol. The van der Waals surface area contributed by atoms with Crippen molar-refractivity contribution in [2.75, 3.05) is 11.1 Å². The molecule has 5 nitrogen and oxygen atoms in total. The van der Waals surface area contributed by atoms with Crippen molar-refractivity contribution in [2.45, 2.75) is 11.7 Å². The zero-order valence-corrected chi connectivity index (χ0v) is 18.4. The van der Waals surface area contributed by atoms with E-state index in [0.29, 0.717) is 27.4 Å². The van der Waals surface area contributed by atoms with Crippen LogP contribution in [0.2, 0.25) is 10.0 Å². The molecule has 0 unspecified atom stereocenters. The van der Waals surface area contributed by atoms with E-state index in [-0.39, 0.29) is 11.7 Å². The molecule has 0 saturated heterocycles. The fourth-order valence-corrected chi connectivity index (χ4v) is 3.71. The van der Waals surface area contributed by atoms with Crippen molar-refractivity contribution < 1.29 is 4.79 Å². The molecule has 2 aromatic carbocycles. The highest BCUT2D eigenvalue weighted by Crippen LogP contribution is 2.26. The predicted octanol–water partition coefficient (Wildman–Crippen LogP) is 5.93. The summed E-state index contributed by atoms with van der Waals surface area (Å²) < 4.78 is 2.74. The van der Waals surface area contributed by atoms with Crippen LogP contribution in [0.3, 0.4) is 0 Å². The Morgan fingerprint density at radius 1 is 1.25 bits per heavy atom. The molecule has 0 fully saturated rings. The van der Waals surface area contributed by atoms with Gasteiger partial charge in [0.05, 0.1) is 23.0 Å². The number of carbonyl (C=O) groups excluding carboxylic acids is 1. The van der Waals surface area contributed by atoms with Crippen LogP contribution in [0.5, 0.6) is 0 Å². The van der Waals surface area contributed by atoms with Gasteiger partial charge in [0.2, 0.25) is 11.1 Å². The molecule has 1 N–H and O–H groups in total. The highest BCUT2D eigenvalue weighted by Gasteiger charge is 2.14. The first-order valence-corrected chi connectivity index (χ1v) is 10.7. The minimum absolute atomic E-state index is 0.150. The van der Waals surface area contributed by atoms with Crippen molar-refractivity contribution in [3.63, 3.8) is 0 Å². The number of anilines is 1. The van der Waals surface area contributed by atoms with Gasteiger partial charge in [-0.05, 0) is 30.3 Å². The Morgan fingerprint density at radius 2 is 2.00 bits per heavy atom. The van der Waals surface area contributed by atoms with E-state index in [1.54, 1.807) is 29.0 Å². The molecule has 3 aromatic rings. The Bertz CT molecular complexity index is 1010. The van der Waals surface area contributed by atoms with Gasteiger partial charge in [0.15, 0.2) is 5.82 Å². The lowest BCUT2D eigenvalue weighted by Gasteiger charge is -2.06. The highest BCUT2D eigenvalue weighted by molar-refractivity contribution is 9.10. The number of aromatic nitrogens is 3. The smallest absolute Gasteiger partial charge is 0.234 e. The van der Waals surface area contributed by atoms with Crippen molar-refractivity contribution in [1.82, 2.24) is 14.8 Å². The summed E-state index contributed by atoms with van der Waals surface area (Å²) in [7, 11) is 0. The van der Waals surface area contributed by atoms with E-state index in [1.807, 2.05) is 24.3 Å². The van der Waals surface area contributed by atoms with Crippen LogP contribution in [0.25, 0.3) is 11.4 Å². The summed E-state index contributed by atoms with van der Waals surface area (Å²) in [6.07, 6.45) is 1.75. The third-order valence-electron chi connectivity index (χ3n) is 3.59. The lowest BCUT2D eigenvalue weighted by Crippen LogP contribution is -2.14. The van der Waals surface area contributed by atoms with Crippen LogP contribution in [-0.4, -0.2) is 26.4 Å². The number of allylic oxidation sites excluding steroid dienone is 1. The number of nitrogens with zero attached hydrogens (tertiary/aromatic N) is 3. The van der Waals surface area contributed by atoms with E-state index in [2.05, 4.69) is 37.9 Å². The fourth-order valence-electron chi connectivity index (χ4n) is 2.35. The molecule has 0 bridgehead atoms. The van der Waals surface area contributed by atoms with Gasteiger partial charge in [0, 0.05) is 15.1 Å². The Balaban J connectivity index is 1.70. The summed E-state index contributed by atoms with van der Waals surface area (Å²) in [5.41, 5.74) is 1.44. The molecule has 1 amide bonds. The zero-order chi connectivity index (χ0) is 20.1. The van der Waals surface area contributed by atoms with Crippen molar-refractivity contribution in [3.8, 4) is 11.4 Å². The summed E-state index contributed by atoms with van der Waals surface area (Å²) in [4.78, 5) is 16.8. The van der Waals surface area contributed by atoms with Crippen molar-refractivity contribution in [3.05, 3.63) is 69.6 Å². The zero-order valence-electron chi connectivity index (χ0n) is 14.5. The number of benzene rings is 2. The average Bonchev–Trinajstić information content (AvgIpc) is 3.06. The van der Waals surface area contributed by atoms with Gasteiger partial charge in [-0.3, -0.25) is 4.79 Å². The molecule has 144 valence electrons. The van der Waals surface area contributed by atoms with E-state index >= 15 is 0 Å². The standard InChI is InChI=1S/C19H15BrCl2N4OS/c1-2-9-26-18(12-3-5-13(20)6-4-12)24-19(25-26)28-11-17(27)23-16-8-7-14(21)10-15(16)22/h2-8,10H,1,9,11H2,(H,23,27). The maximum Gasteiger partial charge on any atom is 0.234 e. The van der Waals surface area contributed by atoms with Crippen LogP contribution in [0.4, 0.5) is 5.69 Å². The van der Waals surface area contributed by atoms with E-state index in [0.717, 1.165) is 15.9 Å². The fraction of sp³-hybridized carbons (Fsp3) is 0.105. The Labute approximate surface area is 185 Å². The Kier molecular flexibility index (Phi) is 7.18. The summed E-state index contributed by atoms with van der Waals surface area (Å²) in [6.45, 7) is 4.28. The van der Waals surface area contributed by atoms with Crippen LogP contribution in [0.1, 0.15) is 0 Å². The van der Waals surface area contributed by atoms with Crippen LogP contribution in [-0.2, 0) is 11.3 Å². The van der Waals surface area contributed by atoms with Crippen LogP contribution in [0, 0.1) is 0 Å². The molecule has 1 aromatic heterocycles. The number of hydrogen-bond donors (Lipinski definition) is 1. The normalized spacial score (nSPS) is 10.7. The van der Waals surface area contributed by atoms with Crippen LogP contribution < -0.4 is 5.32 Å². The SMILES string of the molecule is C=CCn1nc(SCC(=O)Nc2ccc(Cl)cc2Cl)nc1-c1ccc(Br)cc1. The number of hydrogen-bond acceptors (Lipinski definition) is 4. The number of carbonyl (C=O) groups is 1. The summed E-state index contributed by atoms with van der Waals surface area (Å²) in [5.74, 6) is 0.659. The quantitative estimate of drug-likeness (QED) is 0.324. The summed E-state index contributed by atoms with van der Waals surface area (Å²) in [6, 6.07) is 12.7. The van der Waals surface area contributed by atoms with E-state index in [1.165, 1.54) is 11.8 Å². The second-order valence-electron chi connectivity index (χ2n) is 5.66. The minimum atomic E-state index is -0.209. The van der Waals surface area contributed by atoms with Crippen LogP contribution in [0.15, 0.2) is 64.7 Å². The summed E-state index contributed by atoms with van der Waals surface area (Å²) in [5, 5.41) is 8.63. The number of amides is 1. The maximum absolute atomic E-state index is 12.2. The van der Waals surface area contributed by atoms with Gasteiger partial charge in [-0.25, -0.2) is 9.67 Å². The molecule has 0 saturated carbocycles. The molecule has 28 heavy (non-hydrogen) atoms. The van der Waals surface area contributed by atoms with Gasteiger partial charge in [0.25, 0.3) is 0 Å². The van der Waals surface area contributed by atoms with Gasteiger partial charge < -0.3 is 5.32 Å². The van der Waals surface area contributed by atoms with Crippen LogP contribution >= 0.6 is 50.9 Å². The molecule has 0 aliphatic carbocycles. The van der Waals surface area contributed by atoms with Crippen molar-refractivity contribution in [2.24, 2.45) is 0 Å². The third-order valence-corrected chi connectivity index (χ3v) is 5.51. The first-order valence-electron chi connectivity index (χ1n) is 8.15. The van der Waals surface area contributed by atoms with Gasteiger partial charge in [-0.1, -0.05) is 69.1 Å². The number of rotatable bonds is 7. The van der Waals surface area contributed by atoms with Gasteiger partial charge in [-0.15, -0.1) is 11.7 Å². The maximum atomic E-state index is 12.2. The highest BCUT2D eigenvalue weighted by atomic mass is 79.9. The lowest BCUT2D eigenvalue weighted by atomic mass is 10.2. The molecule has 9 heteroatoms. The Morgan fingerprint density at radius 3 is 2.68 bits per heavy atom. The van der Waals surface area contributed by atoms with Gasteiger partial charge in [0.1, 0.15) is 0 Å². The molecule has 0 radical (unpaired) electrons. The monoisotopic (exact) mass is 496 g/mol. The van der Waals surface area contributed by atoms with Gasteiger partial charge in [-0.2, -0.15) is 0 Å². The predicted molar refractivity (Wildman–Crippen MR) is 119 cm³/mol. The molecule has 0 atom stereocenters. The number of nitrogens with one attached hydrogen (secondary N) is 1. The number of halogens is 3. The molecule has 1 heterocycles. The van der Waals surface area contributed by atoms with E-state index < -0.39 is 0 Å². The molecule has 0 spiro atoms. The second-order valence-corrected chi connectivity index (χ2v) is 8.36. The molecule has 0 aliphatic heterocycles. The first-order chi connectivity index (χ1) is 13.5. The molecule has 0 aliphatic rings. The average molecular weight is 498 g/mol. The number of thioether (sulfide) groups is 1. The topological polar surface area (TPSA) is 59.8 Å². The largest absolute Gasteiger partial charge is 0.324 e. The van der Waals surface area contributed by atoms with Crippen molar-refractivity contribution >= 4 is 62.5 Å². The Hall–Kier alpha value is -1.80. The van der Waals surface area contributed by atoms with E-state index in [9.17, 15) is 4.79 Å². The first kappa shape index (κ1) is 20.9. The third kappa shape index (κ3) is 5.38.